The molecule has 23 heavy (non-hydrogen) atoms. The SMILES string of the molecule is CCNC(=O)c1ccc(NC(=O)C2=NN(C)C(=O)CC2)cc1Cl. The van der Waals surface area contributed by atoms with Crippen LogP contribution in [0.25, 0.3) is 0 Å². The van der Waals surface area contributed by atoms with E-state index in [0.29, 0.717) is 24.2 Å². The second-order valence-corrected chi connectivity index (χ2v) is 5.38. The first kappa shape index (κ1) is 17.0. The van der Waals surface area contributed by atoms with Crippen LogP contribution in [0.3, 0.4) is 0 Å². The first-order chi connectivity index (χ1) is 10.9. The smallest absolute Gasteiger partial charge is 0.271 e. The highest BCUT2D eigenvalue weighted by Crippen LogP contribution is 2.21. The Labute approximate surface area is 138 Å². The summed E-state index contributed by atoms with van der Waals surface area (Å²) < 4.78 is 0. The van der Waals surface area contributed by atoms with E-state index in [1.54, 1.807) is 12.1 Å². The predicted molar refractivity (Wildman–Crippen MR) is 87.5 cm³/mol. The van der Waals surface area contributed by atoms with Gasteiger partial charge in [-0.3, -0.25) is 14.4 Å². The van der Waals surface area contributed by atoms with Gasteiger partial charge >= 0.3 is 0 Å². The van der Waals surface area contributed by atoms with Crippen molar-refractivity contribution in [1.29, 1.82) is 0 Å². The average molecular weight is 337 g/mol. The van der Waals surface area contributed by atoms with E-state index in [1.165, 1.54) is 13.1 Å². The summed E-state index contributed by atoms with van der Waals surface area (Å²) in [6.45, 7) is 2.31. The topological polar surface area (TPSA) is 90.9 Å². The number of hydrazone groups is 1. The minimum Gasteiger partial charge on any atom is -0.352 e. The van der Waals surface area contributed by atoms with Crippen LogP contribution in [-0.4, -0.2) is 42.0 Å². The quantitative estimate of drug-likeness (QED) is 0.875. The molecule has 0 spiro atoms. The van der Waals surface area contributed by atoms with Gasteiger partial charge in [0.25, 0.3) is 11.8 Å². The molecule has 0 unspecified atom stereocenters. The monoisotopic (exact) mass is 336 g/mol. The maximum absolute atomic E-state index is 12.2. The Balaban J connectivity index is 2.10. The van der Waals surface area contributed by atoms with Crippen molar-refractivity contribution in [2.45, 2.75) is 19.8 Å². The molecule has 3 amide bonds. The molecule has 7 nitrogen and oxygen atoms in total. The zero-order valence-corrected chi connectivity index (χ0v) is 13.6. The summed E-state index contributed by atoms with van der Waals surface area (Å²) in [5, 5.41) is 10.7. The lowest BCUT2D eigenvalue weighted by molar-refractivity contribution is -0.130. The standard InChI is InChI=1S/C15H17ClN4O3/c1-3-17-14(22)10-5-4-9(8-11(10)16)18-15(23)12-6-7-13(21)20(2)19-12/h4-5,8H,3,6-7H2,1-2H3,(H,17,22)(H,18,23). The van der Waals surface area contributed by atoms with Gasteiger partial charge in [0.2, 0.25) is 5.91 Å². The van der Waals surface area contributed by atoms with E-state index in [0.717, 1.165) is 5.01 Å². The number of nitrogens with zero attached hydrogens (tertiary/aromatic N) is 2. The van der Waals surface area contributed by atoms with E-state index < -0.39 is 5.91 Å². The minimum atomic E-state index is -0.397. The Kier molecular flexibility index (Phi) is 5.33. The van der Waals surface area contributed by atoms with E-state index in [4.69, 9.17) is 11.6 Å². The van der Waals surface area contributed by atoms with Gasteiger partial charge < -0.3 is 10.6 Å². The molecule has 1 heterocycles. The second kappa shape index (κ2) is 7.23. The van der Waals surface area contributed by atoms with Crippen LogP contribution in [0.15, 0.2) is 23.3 Å². The molecule has 2 rings (SSSR count). The van der Waals surface area contributed by atoms with Crippen LogP contribution in [0.4, 0.5) is 5.69 Å². The lowest BCUT2D eigenvalue weighted by Gasteiger charge is -2.19. The van der Waals surface area contributed by atoms with Crippen molar-refractivity contribution in [1.82, 2.24) is 10.3 Å². The number of hydrogen-bond donors (Lipinski definition) is 2. The van der Waals surface area contributed by atoms with Crippen molar-refractivity contribution < 1.29 is 14.4 Å². The Morgan fingerprint density at radius 1 is 1.30 bits per heavy atom. The Morgan fingerprint density at radius 2 is 2.04 bits per heavy atom. The van der Waals surface area contributed by atoms with E-state index in [2.05, 4.69) is 15.7 Å². The van der Waals surface area contributed by atoms with Crippen molar-refractivity contribution in [3.05, 3.63) is 28.8 Å². The molecule has 1 aromatic carbocycles. The third-order valence-corrected chi connectivity index (χ3v) is 3.59. The molecule has 0 saturated carbocycles. The molecule has 1 aliphatic heterocycles. The number of rotatable bonds is 4. The Bertz CT molecular complexity index is 687. The molecular weight excluding hydrogens is 320 g/mol. The van der Waals surface area contributed by atoms with Gasteiger partial charge in [0.15, 0.2) is 0 Å². The third kappa shape index (κ3) is 4.07. The van der Waals surface area contributed by atoms with Crippen LogP contribution in [0.1, 0.15) is 30.1 Å². The maximum atomic E-state index is 12.2. The molecule has 0 aromatic heterocycles. The molecule has 2 N–H and O–H groups in total. The molecule has 0 bridgehead atoms. The lowest BCUT2D eigenvalue weighted by Crippen LogP contribution is -2.34. The number of halogens is 1. The summed E-state index contributed by atoms with van der Waals surface area (Å²) >= 11 is 6.08. The van der Waals surface area contributed by atoms with Crippen LogP contribution in [-0.2, 0) is 9.59 Å². The fraction of sp³-hybridized carbons (Fsp3) is 0.333. The van der Waals surface area contributed by atoms with Crippen molar-refractivity contribution >= 4 is 40.7 Å². The van der Waals surface area contributed by atoms with Crippen LogP contribution in [0.5, 0.6) is 0 Å². The van der Waals surface area contributed by atoms with Crippen LogP contribution < -0.4 is 10.6 Å². The molecule has 122 valence electrons. The van der Waals surface area contributed by atoms with E-state index in [1.807, 2.05) is 6.92 Å². The first-order valence-corrected chi connectivity index (χ1v) is 7.53. The number of anilines is 1. The Morgan fingerprint density at radius 3 is 2.65 bits per heavy atom. The first-order valence-electron chi connectivity index (χ1n) is 7.15. The summed E-state index contributed by atoms with van der Waals surface area (Å²) in [6, 6.07) is 4.64. The highest BCUT2D eigenvalue weighted by molar-refractivity contribution is 6.43. The van der Waals surface area contributed by atoms with Crippen molar-refractivity contribution in [2.75, 3.05) is 18.9 Å². The number of carbonyl (C=O) groups is 3. The lowest BCUT2D eigenvalue weighted by atomic mass is 10.1. The highest BCUT2D eigenvalue weighted by atomic mass is 35.5. The van der Waals surface area contributed by atoms with Gasteiger partial charge in [0, 0.05) is 32.1 Å². The molecule has 0 atom stereocenters. The summed E-state index contributed by atoms with van der Waals surface area (Å²) in [5.41, 5.74) is 1.07. The zero-order valence-electron chi connectivity index (χ0n) is 12.9. The van der Waals surface area contributed by atoms with Gasteiger partial charge in [-0.05, 0) is 25.1 Å². The van der Waals surface area contributed by atoms with E-state index >= 15 is 0 Å². The van der Waals surface area contributed by atoms with Gasteiger partial charge in [-0.15, -0.1) is 0 Å². The molecule has 0 fully saturated rings. The number of nitrogens with one attached hydrogen (secondary N) is 2. The third-order valence-electron chi connectivity index (χ3n) is 3.28. The molecular formula is C15H17ClN4O3. The maximum Gasteiger partial charge on any atom is 0.271 e. The predicted octanol–water partition coefficient (Wildman–Crippen LogP) is 1.64. The van der Waals surface area contributed by atoms with Crippen LogP contribution in [0, 0.1) is 0 Å². The second-order valence-electron chi connectivity index (χ2n) is 4.97. The molecule has 1 aliphatic rings. The van der Waals surface area contributed by atoms with Gasteiger partial charge in [-0.2, -0.15) is 5.10 Å². The fourth-order valence-electron chi connectivity index (χ4n) is 2.07. The number of amides is 3. The summed E-state index contributed by atoms with van der Waals surface area (Å²) in [7, 11) is 1.51. The fourth-order valence-corrected chi connectivity index (χ4v) is 2.34. The minimum absolute atomic E-state index is 0.129. The Hall–Kier alpha value is -2.41. The van der Waals surface area contributed by atoms with Gasteiger partial charge in [0.1, 0.15) is 5.71 Å². The number of hydrogen-bond acceptors (Lipinski definition) is 4. The van der Waals surface area contributed by atoms with Crippen LogP contribution >= 0.6 is 11.6 Å². The molecule has 0 aliphatic carbocycles. The zero-order chi connectivity index (χ0) is 17.0. The van der Waals surface area contributed by atoms with Gasteiger partial charge in [0.05, 0.1) is 10.6 Å². The summed E-state index contributed by atoms with van der Waals surface area (Å²) in [4.78, 5) is 35.3. The highest BCUT2D eigenvalue weighted by Gasteiger charge is 2.22. The van der Waals surface area contributed by atoms with Crippen LogP contribution in [0.2, 0.25) is 5.02 Å². The number of carbonyl (C=O) groups excluding carboxylic acids is 3. The van der Waals surface area contributed by atoms with Crippen molar-refractivity contribution in [3.8, 4) is 0 Å². The summed E-state index contributed by atoms with van der Waals surface area (Å²) in [5.74, 6) is -0.797. The molecule has 0 saturated heterocycles. The largest absolute Gasteiger partial charge is 0.352 e. The molecule has 8 heteroatoms. The van der Waals surface area contributed by atoms with E-state index in [-0.39, 0.29) is 29.0 Å². The van der Waals surface area contributed by atoms with Gasteiger partial charge in [-0.25, -0.2) is 5.01 Å². The molecule has 1 aromatic rings. The normalized spacial score (nSPS) is 14.3. The average Bonchev–Trinajstić information content (AvgIpc) is 2.50. The molecule has 0 radical (unpaired) electrons. The number of benzene rings is 1. The summed E-state index contributed by atoms with van der Waals surface area (Å²) in [6.07, 6.45) is 0.541. The van der Waals surface area contributed by atoms with Gasteiger partial charge in [-0.1, -0.05) is 11.6 Å². The van der Waals surface area contributed by atoms with Crippen molar-refractivity contribution in [3.63, 3.8) is 0 Å². The van der Waals surface area contributed by atoms with E-state index in [9.17, 15) is 14.4 Å². The van der Waals surface area contributed by atoms with Crippen molar-refractivity contribution in [2.24, 2.45) is 5.10 Å².